The Labute approximate surface area is 104 Å². The van der Waals surface area contributed by atoms with Gasteiger partial charge in [-0.15, -0.1) is 0 Å². The lowest BCUT2D eigenvalue weighted by Crippen LogP contribution is -1.96. The van der Waals surface area contributed by atoms with E-state index in [1.54, 1.807) is 13.2 Å². The third kappa shape index (κ3) is 3.25. The van der Waals surface area contributed by atoms with E-state index in [-0.39, 0.29) is 6.61 Å². The van der Waals surface area contributed by atoms with Gasteiger partial charge >= 0.3 is 0 Å². The molecule has 16 heavy (non-hydrogen) atoms. The molecule has 1 aromatic rings. The molecule has 0 aliphatic rings. The maximum absolute atomic E-state index is 8.71. The van der Waals surface area contributed by atoms with Crippen molar-refractivity contribution in [1.82, 2.24) is 0 Å². The smallest absolute Gasteiger partial charge is 0.175 e. The second kappa shape index (κ2) is 6.55. The molecular formula is C12H15BrO3. The Kier molecular flexibility index (Phi) is 5.35. The molecule has 0 fully saturated rings. The van der Waals surface area contributed by atoms with Crippen LogP contribution in [0, 0.1) is 0 Å². The van der Waals surface area contributed by atoms with Gasteiger partial charge in [-0.3, -0.25) is 0 Å². The van der Waals surface area contributed by atoms with Crippen molar-refractivity contribution in [1.29, 1.82) is 0 Å². The zero-order valence-corrected chi connectivity index (χ0v) is 11.0. The van der Waals surface area contributed by atoms with Crippen molar-refractivity contribution in [2.45, 2.75) is 6.92 Å². The second-order valence-corrected chi connectivity index (χ2v) is 3.91. The summed E-state index contributed by atoms with van der Waals surface area (Å²) < 4.78 is 11.6. The summed E-state index contributed by atoms with van der Waals surface area (Å²) in [6, 6.07) is 3.78. The molecule has 1 aromatic carbocycles. The molecule has 4 heteroatoms. The van der Waals surface area contributed by atoms with E-state index in [1.165, 1.54) is 0 Å². The minimum atomic E-state index is 0.0210. The Bertz CT molecular complexity index is 375. The van der Waals surface area contributed by atoms with Crippen molar-refractivity contribution in [3.63, 3.8) is 0 Å². The van der Waals surface area contributed by atoms with Crippen LogP contribution in [0.15, 0.2) is 22.7 Å². The first-order chi connectivity index (χ1) is 7.72. The van der Waals surface area contributed by atoms with Gasteiger partial charge in [0, 0.05) is 0 Å². The summed E-state index contributed by atoms with van der Waals surface area (Å²) in [4.78, 5) is 0. The number of hydrogen-bond donors (Lipinski definition) is 1. The molecule has 3 nitrogen and oxygen atoms in total. The van der Waals surface area contributed by atoms with E-state index < -0.39 is 0 Å². The van der Waals surface area contributed by atoms with Crippen LogP contribution in [0.25, 0.3) is 6.08 Å². The average Bonchev–Trinajstić information content (AvgIpc) is 2.29. The minimum absolute atomic E-state index is 0.0210. The van der Waals surface area contributed by atoms with Crippen LogP contribution in [0.4, 0.5) is 0 Å². The van der Waals surface area contributed by atoms with Gasteiger partial charge in [-0.2, -0.15) is 0 Å². The van der Waals surface area contributed by atoms with Gasteiger partial charge in [-0.1, -0.05) is 12.2 Å². The summed E-state index contributed by atoms with van der Waals surface area (Å²) in [6.45, 7) is 2.53. The summed E-state index contributed by atoms with van der Waals surface area (Å²) in [5.74, 6) is 1.37. The molecule has 0 aliphatic heterocycles. The molecule has 0 atom stereocenters. The van der Waals surface area contributed by atoms with Crippen LogP contribution in [0.1, 0.15) is 12.5 Å². The molecule has 1 N–H and O–H groups in total. The molecule has 0 bridgehead atoms. The summed E-state index contributed by atoms with van der Waals surface area (Å²) in [5.41, 5.74) is 0.946. The molecule has 0 saturated carbocycles. The predicted octanol–water partition coefficient (Wildman–Crippen LogP) is 2.86. The van der Waals surface area contributed by atoms with Gasteiger partial charge in [-0.05, 0) is 40.5 Å². The second-order valence-electron chi connectivity index (χ2n) is 3.05. The van der Waals surface area contributed by atoms with E-state index in [2.05, 4.69) is 15.9 Å². The lowest BCUT2D eigenvalue weighted by Gasteiger charge is -2.12. The van der Waals surface area contributed by atoms with Crippen LogP contribution >= 0.6 is 15.9 Å². The first kappa shape index (κ1) is 13.1. The molecule has 0 saturated heterocycles. The Morgan fingerprint density at radius 1 is 1.44 bits per heavy atom. The fourth-order valence-electron chi connectivity index (χ4n) is 1.31. The quantitative estimate of drug-likeness (QED) is 0.905. The monoisotopic (exact) mass is 286 g/mol. The summed E-state index contributed by atoms with van der Waals surface area (Å²) in [7, 11) is 1.60. The van der Waals surface area contributed by atoms with Crippen LogP contribution in [-0.2, 0) is 0 Å². The highest BCUT2D eigenvalue weighted by Crippen LogP contribution is 2.36. The standard InChI is InChI=1S/C12H15BrO3/c1-3-16-12-10(13)7-9(5-4-6-14)8-11(12)15-2/h4-5,7-8,14H,3,6H2,1-2H3. The predicted molar refractivity (Wildman–Crippen MR) is 68.0 cm³/mol. The maximum atomic E-state index is 8.71. The van der Waals surface area contributed by atoms with E-state index in [0.717, 1.165) is 10.0 Å². The summed E-state index contributed by atoms with van der Waals surface area (Å²) >= 11 is 3.43. The van der Waals surface area contributed by atoms with Gasteiger partial charge < -0.3 is 14.6 Å². The highest BCUT2D eigenvalue weighted by Gasteiger charge is 2.09. The molecule has 0 amide bonds. The number of hydrogen-bond acceptors (Lipinski definition) is 3. The Morgan fingerprint density at radius 2 is 2.19 bits per heavy atom. The molecule has 1 rings (SSSR count). The van der Waals surface area contributed by atoms with Crippen molar-refractivity contribution in [3.8, 4) is 11.5 Å². The summed E-state index contributed by atoms with van der Waals surface area (Å²) in [6.07, 6.45) is 3.49. The van der Waals surface area contributed by atoms with Crippen molar-refractivity contribution in [2.75, 3.05) is 20.3 Å². The zero-order chi connectivity index (χ0) is 12.0. The lowest BCUT2D eigenvalue weighted by molar-refractivity contribution is 0.309. The highest BCUT2D eigenvalue weighted by atomic mass is 79.9. The lowest BCUT2D eigenvalue weighted by atomic mass is 10.2. The van der Waals surface area contributed by atoms with Crippen molar-refractivity contribution in [2.24, 2.45) is 0 Å². The van der Waals surface area contributed by atoms with Crippen LogP contribution in [0.5, 0.6) is 11.5 Å². The van der Waals surface area contributed by atoms with Crippen LogP contribution in [0.3, 0.4) is 0 Å². The van der Waals surface area contributed by atoms with E-state index in [0.29, 0.717) is 18.1 Å². The van der Waals surface area contributed by atoms with Crippen molar-refractivity contribution in [3.05, 3.63) is 28.2 Å². The fraction of sp³-hybridized carbons (Fsp3) is 0.333. The molecule has 0 radical (unpaired) electrons. The SMILES string of the molecule is CCOc1c(Br)cc(C=CCO)cc1OC. The average molecular weight is 287 g/mol. The van der Waals surface area contributed by atoms with E-state index >= 15 is 0 Å². The molecule has 0 aromatic heterocycles. The Hall–Kier alpha value is -1.00. The van der Waals surface area contributed by atoms with Crippen LogP contribution in [0.2, 0.25) is 0 Å². The van der Waals surface area contributed by atoms with Crippen LogP contribution in [-0.4, -0.2) is 25.4 Å². The third-order valence-electron chi connectivity index (χ3n) is 1.96. The number of methoxy groups -OCH3 is 1. The zero-order valence-electron chi connectivity index (χ0n) is 9.37. The Balaban J connectivity index is 3.10. The van der Waals surface area contributed by atoms with Gasteiger partial charge in [0.15, 0.2) is 11.5 Å². The van der Waals surface area contributed by atoms with Crippen molar-refractivity contribution >= 4 is 22.0 Å². The highest BCUT2D eigenvalue weighted by molar-refractivity contribution is 9.10. The van der Waals surface area contributed by atoms with Crippen molar-refractivity contribution < 1.29 is 14.6 Å². The minimum Gasteiger partial charge on any atom is -0.493 e. The molecule has 0 unspecified atom stereocenters. The van der Waals surface area contributed by atoms with E-state index in [1.807, 2.05) is 25.1 Å². The fourth-order valence-corrected chi connectivity index (χ4v) is 1.88. The Morgan fingerprint density at radius 3 is 2.75 bits per heavy atom. The van der Waals surface area contributed by atoms with Gasteiger partial charge in [0.05, 0.1) is 24.8 Å². The van der Waals surface area contributed by atoms with E-state index in [4.69, 9.17) is 14.6 Å². The van der Waals surface area contributed by atoms with Crippen LogP contribution < -0.4 is 9.47 Å². The summed E-state index contributed by atoms with van der Waals surface area (Å²) in [5, 5.41) is 8.71. The van der Waals surface area contributed by atoms with Gasteiger partial charge in [0.1, 0.15) is 0 Å². The normalized spacial score (nSPS) is 10.8. The molecule has 88 valence electrons. The molecule has 0 aliphatic carbocycles. The molecule has 0 heterocycles. The number of halogens is 1. The van der Waals surface area contributed by atoms with Gasteiger partial charge in [0.2, 0.25) is 0 Å². The number of ether oxygens (including phenoxy) is 2. The topological polar surface area (TPSA) is 38.7 Å². The number of aliphatic hydroxyl groups is 1. The first-order valence-electron chi connectivity index (χ1n) is 5.00. The van der Waals surface area contributed by atoms with Gasteiger partial charge in [-0.25, -0.2) is 0 Å². The number of rotatable bonds is 5. The maximum Gasteiger partial charge on any atom is 0.175 e. The number of aliphatic hydroxyl groups excluding tert-OH is 1. The molecular weight excluding hydrogens is 272 g/mol. The van der Waals surface area contributed by atoms with Gasteiger partial charge in [0.25, 0.3) is 0 Å². The first-order valence-corrected chi connectivity index (χ1v) is 5.80. The number of benzene rings is 1. The molecule has 0 spiro atoms. The largest absolute Gasteiger partial charge is 0.493 e. The van der Waals surface area contributed by atoms with E-state index in [9.17, 15) is 0 Å². The third-order valence-corrected chi connectivity index (χ3v) is 2.55.